The first-order valence-corrected chi connectivity index (χ1v) is 7.53. The maximum Gasteiger partial charge on any atom is 0.408 e. The maximum atomic E-state index is 12.3. The van der Waals surface area contributed by atoms with Gasteiger partial charge in [0, 0.05) is 25.8 Å². The van der Waals surface area contributed by atoms with Crippen LogP contribution < -0.4 is 5.32 Å². The molecule has 11 heteroatoms. The first kappa shape index (κ1) is 18.2. The Hall–Kier alpha value is -0.840. The van der Waals surface area contributed by atoms with Crippen molar-refractivity contribution in [3.63, 3.8) is 0 Å². The number of hydrogen-bond donors (Lipinski definition) is 1. The average Bonchev–Trinajstić information content (AvgIpc) is 2.63. The molecule has 2 heterocycles. The lowest BCUT2D eigenvalue weighted by atomic mass is 10.4. The minimum Gasteiger partial charge on any atom is -0.315 e. The van der Waals surface area contributed by atoms with E-state index in [0.717, 1.165) is 18.9 Å². The van der Waals surface area contributed by atoms with Crippen molar-refractivity contribution in [2.75, 3.05) is 26.2 Å². The van der Waals surface area contributed by atoms with Gasteiger partial charge >= 0.3 is 6.18 Å². The van der Waals surface area contributed by atoms with Gasteiger partial charge in [0.15, 0.2) is 0 Å². The lowest BCUT2D eigenvalue weighted by molar-refractivity contribution is -0.142. The van der Waals surface area contributed by atoms with Crippen molar-refractivity contribution in [1.82, 2.24) is 19.4 Å². The normalized spacial score (nSPS) is 18.0. The van der Waals surface area contributed by atoms with E-state index in [0.29, 0.717) is 30.7 Å². The first-order chi connectivity index (χ1) is 9.29. The lowest BCUT2D eigenvalue weighted by Gasteiger charge is -2.18. The van der Waals surface area contributed by atoms with Crippen LogP contribution in [0.25, 0.3) is 0 Å². The summed E-state index contributed by atoms with van der Waals surface area (Å²) in [5.74, 6) is 0. The number of hydrogen-bond acceptors (Lipinski definition) is 4. The van der Waals surface area contributed by atoms with E-state index in [4.69, 9.17) is 0 Å². The Morgan fingerprint density at radius 2 is 2.00 bits per heavy atom. The van der Waals surface area contributed by atoms with Crippen LogP contribution >= 0.6 is 12.4 Å². The van der Waals surface area contributed by atoms with Crippen LogP contribution in [-0.2, 0) is 16.6 Å². The van der Waals surface area contributed by atoms with Gasteiger partial charge in [-0.3, -0.25) is 4.68 Å². The van der Waals surface area contributed by atoms with Crippen LogP contribution in [0.4, 0.5) is 13.2 Å². The summed E-state index contributed by atoms with van der Waals surface area (Å²) in [6.07, 6.45) is -1.89. The van der Waals surface area contributed by atoms with E-state index in [1.807, 2.05) is 0 Å². The van der Waals surface area contributed by atoms with Gasteiger partial charge < -0.3 is 5.32 Å². The number of rotatable bonds is 3. The van der Waals surface area contributed by atoms with Gasteiger partial charge in [-0.1, -0.05) is 0 Å². The van der Waals surface area contributed by atoms with E-state index in [9.17, 15) is 21.6 Å². The van der Waals surface area contributed by atoms with Gasteiger partial charge in [-0.25, -0.2) is 8.42 Å². The van der Waals surface area contributed by atoms with Crippen LogP contribution in [-0.4, -0.2) is 54.9 Å². The van der Waals surface area contributed by atoms with Crippen LogP contribution in [0.2, 0.25) is 0 Å². The fourth-order valence-corrected chi connectivity index (χ4v) is 3.39. The first-order valence-electron chi connectivity index (χ1n) is 6.09. The highest BCUT2D eigenvalue weighted by Gasteiger charge is 2.31. The molecule has 0 unspecified atom stereocenters. The highest BCUT2D eigenvalue weighted by Crippen LogP contribution is 2.20. The Kier molecular flexibility index (Phi) is 6.02. The summed E-state index contributed by atoms with van der Waals surface area (Å²) in [7, 11) is -3.78. The van der Waals surface area contributed by atoms with Gasteiger partial charge in [-0.15, -0.1) is 12.4 Å². The highest BCUT2D eigenvalue weighted by molar-refractivity contribution is 7.89. The van der Waals surface area contributed by atoms with Crippen LogP contribution in [0, 0.1) is 0 Å². The smallest absolute Gasteiger partial charge is 0.315 e. The van der Waals surface area contributed by atoms with Crippen LogP contribution in [0.3, 0.4) is 0 Å². The van der Waals surface area contributed by atoms with E-state index in [1.54, 1.807) is 0 Å². The molecule has 0 saturated carbocycles. The molecule has 1 N–H and O–H groups in total. The average molecular weight is 349 g/mol. The largest absolute Gasteiger partial charge is 0.408 e. The van der Waals surface area contributed by atoms with Crippen molar-refractivity contribution < 1.29 is 21.6 Å². The molecule has 1 saturated heterocycles. The van der Waals surface area contributed by atoms with Gasteiger partial charge in [-0.05, 0) is 13.0 Å². The summed E-state index contributed by atoms with van der Waals surface area (Å²) in [6, 6.07) is 0. The number of halogens is 4. The molecular formula is C10H16ClF3N4O2S. The van der Waals surface area contributed by atoms with E-state index in [1.165, 1.54) is 4.31 Å². The Bertz CT molecular complexity index is 553. The molecule has 0 bridgehead atoms. The van der Waals surface area contributed by atoms with Gasteiger partial charge in [0.2, 0.25) is 10.0 Å². The summed E-state index contributed by atoms with van der Waals surface area (Å²) in [6.45, 7) is 0.589. The van der Waals surface area contributed by atoms with Crippen LogP contribution in [0.1, 0.15) is 6.42 Å². The number of sulfonamides is 1. The SMILES string of the molecule is Cl.O=S(=O)(c1cnn(CC(F)(F)F)c1)N1CCCNCC1. The van der Waals surface area contributed by atoms with Crippen molar-refractivity contribution in [3.05, 3.63) is 12.4 Å². The Morgan fingerprint density at radius 1 is 1.29 bits per heavy atom. The summed E-state index contributed by atoms with van der Waals surface area (Å²) in [5, 5.41) is 6.52. The topological polar surface area (TPSA) is 67.2 Å². The summed E-state index contributed by atoms with van der Waals surface area (Å²) >= 11 is 0. The number of aromatic nitrogens is 2. The number of alkyl halides is 3. The Balaban J connectivity index is 0.00000220. The van der Waals surface area contributed by atoms with Crippen molar-refractivity contribution in [1.29, 1.82) is 0 Å². The monoisotopic (exact) mass is 348 g/mol. The minimum absolute atomic E-state index is 0. The molecular weight excluding hydrogens is 333 g/mol. The molecule has 122 valence electrons. The third kappa shape index (κ3) is 4.83. The zero-order valence-corrected chi connectivity index (χ0v) is 12.6. The van der Waals surface area contributed by atoms with Crippen molar-refractivity contribution >= 4 is 22.4 Å². The molecule has 0 radical (unpaired) electrons. The van der Waals surface area contributed by atoms with Gasteiger partial charge in [0.25, 0.3) is 0 Å². The molecule has 1 aliphatic rings. The van der Waals surface area contributed by atoms with E-state index in [2.05, 4.69) is 10.4 Å². The molecule has 1 aromatic rings. The second-order valence-corrected chi connectivity index (χ2v) is 6.43. The van der Waals surface area contributed by atoms with E-state index in [-0.39, 0.29) is 17.3 Å². The van der Waals surface area contributed by atoms with Crippen LogP contribution in [0.5, 0.6) is 0 Å². The molecule has 21 heavy (non-hydrogen) atoms. The summed E-state index contributed by atoms with van der Waals surface area (Å²) in [4.78, 5) is -0.205. The van der Waals surface area contributed by atoms with Gasteiger partial charge in [0.1, 0.15) is 11.4 Å². The van der Waals surface area contributed by atoms with Gasteiger partial charge in [0.05, 0.1) is 6.20 Å². The molecule has 0 aliphatic carbocycles. The van der Waals surface area contributed by atoms with Crippen molar-refractivity contribution in [2.45, 2.75) is 24.0 Å². The third-order valence-corrected chi connectivity index (χ3v) is 4.74. The third-order valence-electron chi connectivity index (χ3n) is 2.89. The summed E-state index contributed by atoms with van der Waals surface area (Å²) < 4.78 is 63.1. The molecule has 1 aromatic heterocycles. The molecule has 6 nitrogen and oxygen atoms in total. The maximum absolute atomic E-state index is 12.3. The van der Waals surface area contributed by atoms with Crippen molar-refractivity contribution in [3.8, 4) is 0 Å². The molecule has 0 aromatic carbocycles. The molecule has 2 rings (SSSR count). The predicted molar refractivity (Wildman–Crippen MR) is 71.8 cm³/mol. The Morgan fingerprint density at radius 3 is 2.67 bits per heavy atom. The van der Waals surface area contributed by atoms with E-state index >= 15 is 0 Å². The highest BCUT2D eigenvalue weighted by atomic mass is 35.5. The molecule has 0 amide bonds. The molecule has 0 spiro atoms. The number of nitrogens with zero attached hydrogens (tertiary/aromatic N) is 3. The summed E-state index contributed by atoms with van der Waals surface area (Å²) in [5.41, 5.74) is 0. The standard InChI is InChI=1S/C10H15F3N4O2S.ClH/c11-10(12,13)8-16-7-9(6-15-16)20(18,19)17-4-1-2-14-3-5-17;/h6-7,14H,1-5,8H2;1H. The van der Waals surface area contributed by atoms with Crippen LogP contribution in [0.15, 0.2) is 17.3 Å². The van der Waals surface area contributed by atoms with Crippen molar-refractivity contribution in [2.24, 2.45) is 0 Å². The molecule has 1 fully saturated rings. The second-order valence-electron chi connectivity index (χ2n) is 4.50. The molecule has 0 atom stereocenters. The number of nitrogens with one attached hydrogen (secondary N) is 1. The fourth-order valence-electron chi connectivity index (χ4n) is 1.96. The zero-order valence-electron chi connectivity index (χ0n) is 11.0. The zero-order chi connectivity index (χ0) is 14.8. The van der Waals surface area contributed by atoms with Gasteiger partial charge in [-0.2, -0.15) is 22.6 Å². The minimum atomic E-state index is -4.43. The molecule has 1 aliphatic heterocycles. The van der Waals surface area contributed by atoms with E-state index < -0.39 is 22.7 Å². The lowest BCUT2D eigenvalue weighted by Crippen LogP contribution is -2.34. The second kappa shape index (κ2) is 6.95. The quantitative estimate of drug-likeness (QED) is 0.879. The fraction of sp³-hybridized carbons (Fsp3) is 0.700. The Labute approximate surface area is 126 Å². The predicted octanol–water partition coefficient (Wildman–Crippen LogP) is 0.851.